The summed E-state index contributed by atoms with van der Waals surface area (Å²) < 4.78 is 5.74. The molecule has 0 aliphatic heterocycles. The third-order valence-corrected chi connectivity index (χ3v) is 4.04. The maximum absolute atomic E-state index is 12.4. The minimum absolute atomic E-state index is 0.215. The molecule has 3 aromatic rings. The number of nitrogens with one attached hydrogen (secondary N) is 2. The lowest BCUT2D eigenvalue weighted by molar-refractivity contribution is 0.102. The van der Waals surface area contributed by atoms with Gasteiger partial charge in [0.05, 0.1) is 0 Å². The first-order valence-corrected chi connectivity index (χ1v) is 8.80. The van der Waals surface area contributed by atoms with Crippen molar-refractivity contribution >= 4 is 17.6 Å². The third kappa shape index (κ3) is 5.60. The van der Waals surface area contributed by atoms with Crippen molar-refractivity contribution in [1.82, 2.24) is 5.32 Å². The van der Waals surface area contributed by atoms with Gasteiger partial charge in [-0.15, -0.1) is 0 Å². The number of carbonyl (C=O) groups is 2. The molecule has 0 unspecified atom stereocenters. The van der Waals surface area contributed by atoms with E-state index in [9.17, 15) is 9.59 Å². The summed E-state index contributed by atoms with van der Waals surface area (Å²) in [4.78, 5) is 23.1. The van der Waals surface area contributed by atoms with E-state index in [1.165, 1.54) is 0 Å². The van der Waals surface area contributed by atoms with Crippen molar-refractivity contribution in [3.63, 3.8) is 0 Å². The summed E-state index contributed by atoms with van der Waals surface area (Å²) in [5.41, 5.74) is 8.19. The van der Waals surface area contributed by atoms with Crippen molar-refractivity contribution < 1.29 is 14.3 Å². The molecule has 4 N–H and O–H groups in total. The second-order valence-corrected chi connectivity index (χ2v) is 6.17. The molecule has 142 valence electrons. The molecule has 0 aromatic heterocycles. The second-order valence-electron chi connectivity index (χ2n) is 6.17. The molecular formula is C22H21N3O3. The molecule has 0 saturated heterocycles. The maximum atomic E-state index is 12.4. The van der Waals surface area contributed by atoms with Crippen LogP contribution in [-0.2, 0) is 13.2 Å². The van der Waals surface area contributed by atoms with Crippen molar-refractivity contribution in [2.75, 3.05) is 5.32 Å². The van der Waals surface area contributed by atoms with Crippen LogP contribution in [0.1, 0.15) is 21.5 Å². The molecule has 3 rings (SSSR count). The Labute approximate surface area is 163 Å². The molecule has 3 amide bonds. The van der Waals surface area contributed by atoms with Crippen LogP contribution in [0.2, 0.25) is 0 Å². The van der Waals surface area contributed by atoms with Crippen molar-refractivity contribution in [3.8, 4) is 5.75 Å². The number of ether oxygens (including phenoxy) is 1. The van der Waals surface area contributed by atoms with Crippen LogP contribution < -0.4 is 21.1 Å². The van der Waals surface area contributed by atoms with Crippen molar-refractivity contribution in [2.45, 2.75) is 13.2 Å². The zero-order valence-corrected chi connectivity index (χ0v) is 15.2. The number of hydrogen-bond donors (Lipinski definition) is 3. The first kappa shape index (κ1) is 19.0. The first-order valence-electron chi connectivity index (χ1n) is 8.80. The molecule has 0 fully saturated rings. The Hall–Kier alpha value is -3.80. The zero-order chi connectivity index (χ0) is 19.8. The fourth-order valence-electron chi connectivity index (χ4n) is 2.54. The van der Waals surface area contributed by atoms with Crippen LogP contribution in [0.5, 0.6) is 5.75 Å². The second kappa shape index (κ2) is 9.23. The largest absolute Gasteiger partial charge is 0.489 e. The normalized spacial score (nSPS) is 10.1. The SMILES string of the molecule is NC(=O)NCc1ccc(C(=O)Nc2ccc(OCc3ccccc3)cc2)cc1. The van der Waals surface area contributed by atoms with Crippen molar-refractivity contribution in [1.29, 1.82) is 0 Å². The average molecular weight is 375 g/mol. The molecule has 6 heteroatoms. The molecule has 0 atom stereocenters. The van der Waals surface area contributed by atoms with Crippen LogP contribution in [0, 0.1) is 0 Å². The van der Waals surface area contributed by atoms with Gasteiger partial charge in [-0.05, 0) is 47.5 Å². The molecule has 0 radical (unpaired) electrons. The predicted octanol–water partition coefficient (Wildman–Crippen LogP) is 3.69. The number of hydrogen-bond acceptors (Lipinski definition) is 3. The molecule has 0 aliphatic carbocycles. The quantitative estimate of drug-likeness (QED) is 0.588. The van der Waals surface area contributed by atoms with Crippen LogP contribution in [0.3, 0.4) is 0 Å². The van der Waals surface area contributed by atoms with E-state index in [1.54, 1.807) is 36.4 Å². The minimum atomic E-state index is -0.585. The number of anilines is 1. The van der Waals surface area contributed by atoms with Gasteiger partial charge in [-0.2, -0.15) is 0 Å². The van der Waals surface area contributed by atoms with Gasteiger partial charge in [0.25, 0.3) is 5.91 Å². The van der Waals surface area contributed by atoms with Gasteiger partial charge >= 0.3 is 6.03 Å². The average Bonchev–Trinajstić information content (AvgIpc) is 2.73. The Morgan fingerprint density at radius 2 is 1.50 bits per heavy atom. The third-order valence-electron chi connectivity index (χ3n) is 4.04. The smallest absolute Gasteiger partial charge is 0.312 e. The van der Waals surface area contributed by atoms with E-state index in [4.69, 9.17) is 10.5 Å². The van der Waals surface area contributed by atoms with Crippen molar-refractivity contribution in [3.05, 3.63) is 95.6 Å². The van der Waals surface area contributed by atoms with E-state index >= 15 is 0 Å². The highest BCUT2D eigenvalue weighted by molar-refractivity contribution is 6.04. The van der Waals surface area contributed by atoms with E-state index in [0.29, 0.717) is 24.4 Å². The Balaban J connectivity index is 1.53. The summed E-state index contributed by atoms with van der Waals surface area (Å²) in [6.45, 7) is 0.811. The molecule has 0 aliphatic rings. The van der Waals surface area contributed by atoms with Crippen LogP contribution in [0.15, 0.2) is 78.9 Å². The van der Waals surface area contributed by atoms with Gasteiger partial charge in [-0.25, -0.2) is 4.79 Å². The molecule has 28 heavy (non-hydrogen) atoms. The zero-order valence-electron chi connectivity index (χ0n) is 15.2. The molecule has 3 aromatic carbocycles. The van der Waals surface area contributed by atoms with Crippen molar-refractivity contribution in [2.24, 2.45) is 5.73 Å². The summed E-state index contributed by atoms with van der Waals surface area (Å²) in [6, 6.07) is 23.5. The summed E-state index contributed by atoms with van der Waals surface area (Å²) >= 11 is 0. The topological polar surface area (TPSA) is 93.5 Å². The van der Waals surface area contributed by atoms with Crippen LogP contribution >= 0.6 is 0 Å². The van der Waals surface area contributed by atoms with Crippen LogP contribution in [0.25, 0.3) is 0 Å². The standard InChI is InChI=1S/C22H21N3O3/c23-22(27)24-14-16-6-8-18(9-7-16)21(26)25-19-10-12-20(13-11-19)28-15-17-4-2-1-3-5-17/h1-13H,14-15H2,(H,25,26)(H3,23,24,27). The molecule has 0 saturated carbocycles. The summed E-state index contributed by atoms with van der Waals surface area (Å²) in [6.07, 6.45) is 0. The molecule has 0 bridgehead atoms. The first-order chi connectivity index (χ1) is 13.6. The molecule has 0 spiro atoms. The maximum Gasteiger partial charge on any atom is 0.312 e. The Morgan fingerprint density at radius 3 is 2.14 bits per heavy atom. The predicted molar refractivity (Wildman–Crippen MR) is 108 cm³/mol. The molecular weight excluding hydrogens is 354 g/mol. The molecule has 0 heterocycles. The number of carbonyl (C=O) groups excluding carboxylic acids is 2. The van der Waals surface area contributed by atoms with Gasteiger partial charge in [-0.3, -0.25) is 4.79 Å². The number of urea groups is 1. The Kier molecular flexibility index (Phi) is 6.25. The van der Waals surface area contributed by atoms with Gasteiger partial charge in [0.15, 0.2) is 0 Å². The number of primary amides is 1. The number of nitrogens with two attached hydrogens (primary N) is 1. The minimum Gasteiger partial charge on any atom is -0.489 e. The lowest BCUT2D eigenvalue weighted by atomic mass is 10.1. The van der Waals surface area contributed by atoms with E-state index in [1.807, 2.05) is 42.5 Å². The van der Waals surface area contributed by atoms with Gasteiger partial charge < -0.3 is 21.1 Å². The van der Waals surface area contributed by atoms with Gasteiger partial charge in [0, 0.05) is 17.8 Å². The highest BCUT2D eigenvalue weighted by Gasteiger charge is 2.07. The fraction of sp³-hybridized carbons (Fsp3) is 0.0909. The van der Waals surface area contributed by atoms with Gasteiger partial charge in [-0.1, -0.05) is 42.5 Å². The highest BCUT2D eigenvalue weighted by Crippen LogP contribution is 2.18. The van der Waals surface area contributed by atoms with E-state index in [0.717, 1.165) is 16.9 Å². The lowest BCUT2D eigenvalue weighted by Crippen LogP contribution is -2.28. The lowest BCUT2D eigenvalue weighted by Gasteiger charge is -2.09. The molecule has 6 nitrogen and oxygen atoms in total. The number of rotatable bonds is 7. The number of amides is 3. The Morgan fingerprint density at radius 1 is 0.821 bits per heavy atom. The van der Waals surface area contributed by atoms with E-state index in [2.05, 4.69) is 10.6 Å². The summed E-state index contributed by atoms with van der Waals surface area (Å²) in [5, 5.41) is 5.35. The van der Waals surface area contributed by atoms with Gasteiger partial charge in [0.2, 0.25) is 0 Å². The highest BCUT2D eigenvalue weighted by atomic mass is 16.5. The summed E-state index contributed by atoms with van der Waals surface area (Å²) in [7, 11) is 0. The van der Waals surface area contributed by atoms with Crippen LogP contribution in [-0.4, -0.2) is 11.9 Å². The van der Waals surface area contributed by atoms with Gasteiger partial charge in [0.1, 0.15) is 12.4 Å². The Bertz CT molecular complexity index is 924. The number of benzene rings is 3. The van der Waals surface area contributed by atoms with Crippen LogP contribution in [0.4, 0.5) is 10.5 Å². The monoisotopic (exact) mass is 375 g/mol. The van der Waals surface area contributed by atoms with E-state index in [-0.39, 0.29) is 5.91 Å². The summed E-state index contributed by atoms with van der Waals surface area (Å²) in [5.74, 6) is 0.514. The fourth-order valence-corrected chi connectivity index (χ4v) is 2.54. The van der Waals surface area contributed by atoms with E-state index < -0.39 is 6.03 Å².